The van der Waals surface area contributed by atoms with Crippen LogP contribution >= 0.6 is 11.8 Å². The third-order valence-electron chi connectivity index (χ3n) is 2.10. The molecule has 0 spiro atoms. The van der Waals surface area contributed by atoms with E-state index in [4.69, 9.17) is 5.73 Å². The second kappa shape index (κ2) is 9.34. The fourth-order valence-corrected chi connectivity index (χ4v) is 1.57. The lowest BCUT2D eigenvalue weighted by molar-refractivity contribution is -0.122. The van der Waals surface area contributed by atoms with Crippen LogP contribution in [0.2, 0.25) is 0 Å². The van der Waals surface area contributed by atoms with Crippen LogP contribution in [-0.4, -0.2) is 30.5 Å². The molecule has 4 heteroatoms. The Labute approximate surface area is 91.2 Å². The van der Waals surface area contributed by atoms with Crippen LogP contribution < -0.4 is 11.1 Å². The number of nitrogens with one attached hydrogen (secondary N) is 1. The van der Waals surface area contributed by atoms with E-state index in [2.05, 4.69) is 11.6 Å². The molecule has 0 aliphatic carbocycles. The largest absolute Gasteiger partial charge is 0.355 e. The Morgan fingerprint density at radius 1 is 1.43 bits per heavy atom. The van der Waals surface area contributed by atoms with Gasteiger partial charge in [-0.1, -0.05) is 13.3 Å². The quantitative estimate of drug-likeness (QED) is 0.605. The summed E-state index contributed by atoms with van der Waals surface area (Å²) in [5, 5.41) is 2.84. The van der Waals surface area contributed by atoms with E-state index in [0.29, 0.717) is 6.42 Å². The molecular weight excluding hydrogens is 196 g/mol. The van der Waals surface area contributed by atoms with Crippen LogP contribution in [0.4, 0.5) is 0 Å². The van der Waals surface area contributed by atoms with Gasteiger partial charge in [0.15, 0.2) is 0 Å². The summed E-state index contributed by atoms with van der Waals surface area (Å²) in [5.41, 5.74) is 5.56. The zero-order valence-corrected chi connectivity index (χ0v) is 10.0. The molecular formula is C10H22N2OS. The van der Waals surface area contributed by atoms with Gasteiger partial charge in [0.05, 0.1) is 6.04 Å². The normalized spacial score (nSPS) is 12.5. The minimum Gasteiger partial charge on any atom is -0.355 e. The van der Waals surface area contributed by atoms with Crippen molar-refractivity contribution in [3.8, 4) is 0 Å². The van der Waals surface area contributed by atoms with Gasteiger partial charge in [-0.25, -0.2) is 0 Å². The van der Waals surface area contributed by atoms with Crippen LogP contribution in [0.15, 0.2) is 0 Å². The summed E-state index contributed by atoms with van der Waals surface area (Å²) < 4.78 is 0. The molecule has 0 aliphatic rings. The zero-order chi connectivity index (χ0) is 10.8. The first-order valence-electron chi connectivity index (χ1n) is 5.24. The molecule has 1 atom stereocenters. The number of rotatable bonds is 8. The van der Waals surface area contributed by atoms with E-state index in [1.165, 1.54) is 18.6 Å². The minimum atomic E-state index is -0.332. The van der Waals surface area contributed by atoms with Crippen molar-refractivity contribution in [2.75, 3.05) is 18.6 Å². The molecule has 0 aromatic carbocycles. The number of amides is 1. The third-order valence-corrected chi connectivity index (χ3v) is 2.80. The van der Waals surface area contributed by atoms with Gasteiger partial charge < -0.3 is 11.1 Å². The SMILES string of the molecule is CC[C@@H](N)C(=O)NCCCCCSC. The Bertz CT molecular complexity index is 153. The van der Waals surface area contributed by atoms with Crippen LogP contribution in [0, 0.1) is 0 Å². The average molecular weight is 218 g/mol. The maximum absolute atomic E-state index is 11.2. The van der Waals surface area contributed by atoms with Gasteiger partial charge in [-0.05, 0) is 31.3 Å². The maximum Gasteiger partial charge on any atom is 0.236 e. The molecule has 0 saturated heterocycles. The zero-order valence-electron chi connectivity index (χ0n) is 9.21. The molecule has 0 aromatic heterocycles. The highest BCUT2D eigenvalue weighted by atomic mass is 32.2. The molecule has 1 amide bonds. The van der Waals surface area contributed by atoms with Crippen LogP contribution in [-0.2, 0) is 4.79 Å². The molecule has 0 aromatic rings. The second-order valence-corrected chi connectivity index (χ2v) is 4.34. The summed E-state index contributed by atoms with van der Waals surface area (Å²) in [6, 6.07) is -0.332. The fraction of sp³-hybridized carbons (Fsp3) is 0.900. The first kappa shape index (κ1) is 13.8. The molecule has 3 nitrogen and oxygen atoms in total. The Morgan fingerprint density at radius 2 is 2.14 bits per heavy atom. The summed E-state index contributed by atoms with van der Waals surface area (Å²) >= 11 is 1.87. The molecule has 0 bridgehead atoms. The summed E-state index contributed by atoms with van der Waals surface area (Å²) in [6.07, 6.45) is 6.29. The molecule has 3 N–H and O–H groups in total. The van der Waals surface area contributed by atoms with Crippen LogP contribution in [0.5, 0.6) is 0 Å². The Kier molecular flexibility index (Phi) is 9.19. The molecule has 84 valence electrons. The fourth-order valence-electron chi connectivity index (χ4n) is 1.08. The lowest BCUT2D eigenvalue weighted by Gasteiger charge is -2.09. The number of carbonyl (C=O) groups excluding carboxylic acids is 1. The molecule has 0 fully saturated rings. The maximum atomic E-state index is 11.2. The van der Waals surface area contributed by atoms with Gasteiger partial charge >= 0.3 is 0 Å². The minimum absolute atomic E-state index is 0.0163. The van der Waals surface area contributed by atoms with E-state index in [1.807, 2.05) is 18.7 Å². The lowest BCUT2D eigenvalue weighted by atomic mass is 10.2. The first-order chi connectivity index (χ1) is 6.72. The van der Waals surface area contributed by atoms with Crippen molar-refractivity contribution in [2.45, 2.75) is 38.6 Å². The highest BCUT2D eigenvalue weighted by Gasteiger charge is 2.08. The van der Waals surface area contributed by atoms with Gasteiger partial charge in [0, 0.05) is 6.54 Å². The van der Waals surface area contributed by atoms with Gasteiger partial charge in [-0.15, -0.1) is 0 Å². The van der Waals surface area contributed by atoms with Crippen molar-refractivity contribution < 1.29 is 4.79 Å². The van der Waals surface area contributed by atoms with Gasteiger partial charge in [0.1, 0.15) is 0 Å². The molecule has 0 rings (SSSR count). The standard InChI is InChI=1S/C10H22N2OS/c1-3-9(11)10(13)12-7-5-4-6-8-14-2/h9H,3-8,11H2,1-2H3,(H,12,13)/t9-/m1/s1. The smallest absolute Gasteiger partial charge is 0.236 e. The monoisotopic (exact) mass is 218 g/mol. The lowest BCUT2D eigenvalue weighted by Crippen LogP contribution is -2.40. The topological polar surface area (TPSA) is 55.1 Å². The first-order valence-corrected chi connectivity index (χ1v) is 6.64. The number of unbranched alkanes of at least 4 members (excludes halogenated alkanes) is 2. The average Bonchev–Trinajstić information content (AvgIpc) is 2.21. The van der Waals surface area contributed by atoms with Crippen LogP contribution in [0.3, 0.4) is 0 Å². The molecule has 0 heterocycles. The molecule has 0 unspecified atom stereocenters. The summed E-state index contributed by atoms with van der Waals surface area (Å²) in [7, 11) is 0. The van der Waals surface area contributed by atoms with E-state index in [-0.39, 0.29) is 11.9 Å². The number of nitrogens with two attached hydrogens (primary N) is 1. The van der Waals surface area contributed by atoms with Crippen molar-refractivity contribution in [3.05, 3.63) is 0 Å². The predicted molar refractivity (Wildman–Crippen MR) is 63.5 cm³/mol. The molecule has 0 saturated carbocycles. The van der Waals surface area contributed by atoms with Crippen molar-refractivity contribution in [1.29, 1.82) is 0 Å². The highest BCUT2D eigenvalue weighted by Crippen LogP contribution is 2.01. The molecule has 0 radical (unpaired) electrons. The van der Waals surface area contributed by atoms with Crippen LogP contribution in [0.25, 0.3) is 0 Å². The highest BCUT2D eigenvalue weighted by molar-refractivity contribution is 7.98. The van der Waals surface area contributed by atoms with Crippen molar-refractivity contribution in [2.24, 2.45) is 5.73 Å². The second-order valence-electron chi connectivity index (χ2n) is 3.36. The number of carbonyl (C=O) groups is 1. The van der Waals surface area contributed by atoms with E-state index < -0.39 is 0 Å². The van der Waals surface area contributed by atoms with E-state index in [9.17, 15) is 4.79 Å². The summed E-state index contributed by atoms with van der Waals surface area (Å²) in [4.78, 5) is 11.2. The van der Waals surface area contributed by atoms with Gasteiger partial charge in [0.2, 0.25) is 5.91 Å². The van der Waals surface area contributed by atoms with E-state index in [1.54, 1.807) is 0 Å². The van der Waals surface area contributed by atoms with E-state index >= 15 is 0 Å². The van der Waals surface area contributed by atoms with Crippen LogP contribution in [0.1, 0.15) is 32.6 Å². The predicted octanol–water partition coefficient (Wildman–Crippen LogP) is 1.37. The molecule has 14 heavy (non-hydrogen) atoms. The Balaban J connectivity index is 3.23. The number of hydrogen-bond donors (Lipinski definition) is 2. The third kappa shape index (κ3) is 7.21. The van der Waals surface area contributed by atoms with Gasteiger partial charge in [-0.2, -0.15) is 11.8 Å². The van der Waals surface area contributed by atoms with Crippen molar-refractivity contribution >= 4 is 17.7 Å². The van der Waals surface area contributed by atoms with Crippen molar-refractivity contribution in [3.63, 3.8) is 0 Å². The Morgan fingerprint density at radius 3 is 2.71 bits per heavy atom. The summed E-state index contributed by atoms with van der Waals surface area (Å²) in [6.45, 7) is 2.68. The van der Waals surface area contributed by atoms with Gasteiger partial charge in [-0.3, -0.25) is 4.79 Å². The number of thioether (sulfide) groups is 1. The van der Waals surface area contributed by atoms with Gasteiger partial charge in [0.25, 0.3) is 0 Å². The van der Waals surface area contributed by atoms with E-state index in [0.717, 1.165) is 13.0 Å². The number of hydrogen-bond acceptors (Lipinski definition) is 3. The Hall–Kier alpha value is -0.220. The summed E-state index contributed by atoms with van der Waals surface area (Å²) in [5.74, 6) is 1.19. The van der Waals surface area contributed by atoms with Crippen molar-refractivity contribution in [1.82, 2.24) is 5.32 Å². The molecule has 0 aliphatic heterocycles.